The lowest BCUT2D eigenvalue weighted by molar-refractivity contribution is 0.462. The highest BCUT2D eigenvalue weighted by Crippen LogP contribution is 2.33. The van der Waals surface area contributed by atoms with E-state index in [9.17, 15) is 4.79 Å². The number of hydrogen-bond acceptors (Lipinski definition) is 6. The van der Waals surface area contributed by atoms with Crippen LogP contribution in [0.4, 0.5) is 0 Å². The van der Waals surface area contributed by atoms with E-state index in [1.165, 1.54) is 16.0 Å². The molecular weight excluding hydrogens is 430 g/mol. The van der Waals surface area contributed by atoms with Crippen LogP contribution >= 0.6 is 11.3 Å². The van der Waals surface area contributed by atoms with E-state index in [2.05, 4.69) is 20.3 Å². The van der Waals surface area contributed by atoms with Gasteiger partial charge in [-0.05, 0) is 54.2 Å². The van der Waals surface area contributed by atoms with Crippen molar-refractivity contribution in [2.45, 2.75) is 38.4 Å². The Morgan fingerprint density at radius 2 is 1.94 bits per heavy atom. The van der Waals surface area contributed by atoms with Crippen LogP contribution in [0.3, 0.4) is 0 Å². The Kier molecular flexibility index (Phi) is 5.20. The minimum absolute atomic E-state index is 0.0497. The number of benzene rings is 1. The lowest BCUT2D eigenvalue weighted by Crippen LogP contribution is -2.33. The lowest BCUT2D eigenvalue weighted by Gasteiger charge is -2.23. The summed E-state index contributed by atoms with van der Waals surface area (Å²) in [6.45, 7) is 1.30. The molecule has 0 saturated heterocycles. The van der Waals surface area contributed by atoms with Gasteiger partial charge in [-0.25, -0.2) is 4.98 Å². The Balaban J connectivity index is 1.28. The monoisotopic (exact) mass is 453 g/mol. The number of thiophene rings is 1. The number of nitrogens with one attached hydrogen (secondary N) is 1. The molecule has 33 heavy (non-hydrogen) atoms. The van der Waals surface area contributed by atoms with Crippen LogP contribution in [0.25, 0.3) is 21.1 Å². The minimum Gasteiger partial charge on any atom is -0.310 e. The SMILES string of the molecule is O=c1c2c3c(sc2ncn1Cc1cccc2cccnc12)CC(NCc1ccncc1)CC3. The molecule has 0 radical (unpaired) electrons. The van der Waals surface area contributed by atoms with Gasteiger partial charge in [0.15, 0.2) is 0 Å². The van der Waals surface area contributed by atoms with E-state index in [1.54, 1.807) is 28.4 Å². The molecule has 164 valence electrons. The molecule has 4 heterocycles. The zero-order valence-corrected chi connectivity index (χ0v) is 18.9. The summed E-state index contributed by atoms with van der Waals surface area (Å²) in [5, 5.41) is 5.55. The number of fused-ring (bicyclic) bond motifs is 4. The van der Waals surface area contributed by atoms with E-state index in [0.29, 0.717) is 12.6 Å². The van der Waals surface area contributed by atoms with Crippen LogP contribution in [0.2, 0.25) is 0 Å². The highest BCUT2D eigenvalue weighted by Gasteiger charge is 2.25. The number of para-hydroxylation sites is 1. The summed E-state index contributed by atoms with van der Waals surface area (Å²) >= 11 is 1.67. The van der Waals surface area contributed by atoms with Gasteiger partial charge in [0.2, 0.25) is 0 Å². The van der Waals surface area contributed by atoms with Gasteiger partial charge in [-0.15, -0.1) is 11.3 Å². The molecule has 4 aromatic heterocycles. The highest BCUT2D eigenvalue weighted by molar-refractivity contribution is 7.18. The van der Waals surface area contributed by atoms with Gasteiger partial charge in [-0.2, -0.15) is 0 Å². The average molecular weight is 454 g/mol. The van der Waals surface area contributed by atoms with Crippen LogP contribution in [-0.4, -0.2) is 25.6 Å². The molecule has 0 saturated carbocycles. The summed E-state index contributed by atoms with van der Waals surface area (Å²) < 4.78 is 1.73. The van der Waals surface area contributed by atoms with Crippen LogP contribution in [0.15, 0.2) is 72.2 Å². The average Bonchev–Trinajstić information content (AvgIpc) is 3.24. The van der Waals surface area contributed by atoms with Crippen molar-refractivity contribution < 1.29 is 0 Å². The third-order valence-electron chi connectivity index (χ3n) is 6.44. The van der Waals surface area contributed by atoms with Crippen molar-refractivity contribution in [2.75, 3.05) is 0 Å². The number of aromatic nitrogens is 4. The Hall–Kier alpha value is -3.42. The smallest absolute Gasteiger partial charge is 0.262 e. The highest BCUT2D eigenvalue weighted by atomic mass is 32.1. The van der Waals surface area contributed by atoms with Crippen molar-refractivity contribution in [3.63, 3.8) is 0 Å². The number of aryl methyl sites for hydroxylation is 1. The number of rotatable bonds is 5. The molecule has 1 unspecified atom stereocenters. The first kappa shape index (κ1) is 20.2. The quantitative estimate of drug-likeness (QED) is 0.434. The topological polar surface area (TPSA) is 72.7 Å². The first-order valence-electron chi connectivity index (χ1n) is 11.2. The molecule has 1 aromatic carbocycles. The molecule has 6 rings (SSSR count). The number of hydrogen-bond donors (Lipinski definition) is 1. The summed E-state index contributed by atoms with van der Waals surface area (Å²) in [5.74, 6) is 0. The molecule has 0 amide bonds. The minimum atomic E-state index is 0.0497. The van der Waals surface area contributed by atoms with Crippen LogP contribution < -0.4 is 10.9 Å². The molecule has 1 N–H and O–H groups in total. The second-order valence-corrected chi connectivity index (χ2v) is 9.61. The molecular formula is C26H23N5OS. The summed E-state index contributed by atoms with van der Waals surface area (Å²) in [6.07, 6.45) is 10.00. The summed E-state index contributed by atoms with van der Waals surface area (Å²) in [5.41, 5.74) is 4.44. The fourth-order valence-corrected chi connectivity index (χ4v) is 5.99. The molecule has 0 bridgehead atoms. The Bertz CT molecular complexity index is 1500. The van der Waals surface area contributed by atoms with Gasteiger partial charge < -0.3 is 5.32 Å². The van der Waals surface area contributed by atoms with Crippen molar-refractivity contribution in [2.24, 2.45) is 0 Å². The molecule has 0 spiro atoms. The Morgan fingerprint density at radius 3 is 2.85 bits per heavy atom. The van der Waals surface area contributed by atoms with E-state index < -0.39 is 0 Å². The third kappa shape index (κ3) is 3.83. The predicted octanol–water partition coefficient (Wildman–Crippen LogP) is 4.10. The normalized spacial score (nSPS) is 15.7. The maximum Gasteiger partial charge on any atom is 0.262 e. The van der Waals surface area contributed by atoms with Crippen molar-refractivity contribution >= 4 is 32.5 Å². The van der Waals surface area contributed by atoms with E-state index >= 15 is 0 Å². The zero-order valence-electron chi connectivity index (χ0n) is 18.1. The molecule has 1 atom stereocenters. The Morgan fingerprint density at radius 1 is 1.06 bits per heavy atom. The largest absolute Gasteiger partial charge is 0.310 e. The number of nitrogens with zero attached hydrogens (tertiary/aromatic N) is 4. The molecule has 6 nitrogen and oxygen atoms in total. The van der Waals surface area contributed by atoms with Gasteiger partial charge in [-0.3, -0.25) is 19.3 Å². The maximum absolute atomic E-state index is 13.5. The second kappa shape index (κ2) is 8.50. The summed E-state index contributed by atoms with van der Waals surface area (Å²) in [4.78, 5) is 28.9. The van der Waals surface area contributed by atoms with Gasteiger partial charge in [-0.1, -0.05) is 24.3 Å². The zero-order chi connectivity index (χ0) is 22.2. The van der Waals surface area contributed by atoms with Crippen LogP contribution in [0, 0.1) is 0 Å². The molecule has 0 aliphatic heterocycles. The van der Waals surface area contributed by atoms with Gasteiger partial charge in [0.25, 0.3) is 5.56 Å². The fourth-order valence-electron chi connectivity index (χ4n) is 4.73. The molecule has 1 aliphatic rings. The van der Waals surface area contributed by atoms with E-state index in [1.807, 2.05) is 54.9 Å². The van der Waals surface area contributed by atoms with Crippen molar-refractivity contribution in [3.05, 3.63) is 99.3 Å². The first-order valence-corrected chi connectivity index (χ1v) is 12.0. The number of pyridine rings is 2. The standard InChI is InChI=1S/C26H23N5OS/c32-26-23-21-7-6-20(29-14-17-8-11-27-12-9-17)13-22(21)33-25(23)30-16-31(26)15-19-4-1-3-18-5-2-10-28-24(18)19/h1-5,8-12,16,20,29H,6-7,13-15H2. The molecule has 1 aliphatic carbocycles. The van der Waals surface area contributed by atoms with Crippen LogP contribution in [0.1, 0.15) is 28.0 Å². The Labute approximate surface area is 195 Å². The third-order valence-corrected chi connectivity index (χ3v) is 7.60. The van der Waals surface area contributed by atoms with Gasteiger partial charge in [0, 0.05) is 41.4 Å². The fraction of sp³-hybridized carbons (Fsp3) is 0.231. The van der Waals surface area contributed by atoms with E-state index in [0.717, 1.165) is 52.5 Å². The molecule has 7 heteroatoms. The van der Waals surface area contributed by atoms with Crippen molar-refractivity contribution in [3.8, 4) is 0 Å². The second-order valence-electron chi connectivity index (χ2n) is 8.53. The van der Waals surface area contributed by atoms with Gasteiger partial charge >= 0.3 is 0 Å². The van der Waals surface area contributed by atoms with Gasteiger partial charge in [0.05, 0.1) is 23.8 Å². The van der Waals surface area contributed by atoms with Crippen molar-refractivity contribution in [1.82, 2.24) is 24.8 Å². The maximum atomic E-state index is 13.5. The van der Waals surface area contributed by atoms with Crippen molar-refractivity contribution in [1.29, 1.82) is 0 Å². The summed E-state index contributed by atoms with van der Waals surface area (Å²) in [7, 11) is 0. The van der Waals surface area contributed by atoms with E-state index in [4.69, 9.17) is 0 Å². The molecule has 5 aromatic rings. The summed E-state index contributed by atoms with van der Waals surface area (Å²) in [6, 6.07) is 14.6. The van der Waals surface area contributed by atoms with Crippen LogP contribution in [0.5, 0.6) is 0 Å². The van der Waals surface area contributed by atoms with Gasteiger partial charge in [0.1, 0.15) is 4.83 Å². The first-order chi connectivity index (χ1) is 16.3. The molecule has 0 fully saturated rings. The predicted molar refractivity (Wildman–Crippen MR) is 132 cm³/mol. The van der Waals surface area contributed by atoms with E-state index in [-0.39, 0.29) is 5.56 Å². The lowest BCUT2D eigenvalue weighted by atomic mass is 9.93. The van der Waals surface area contributed by atoms with Crippen LogP contribution in [-0.2, 0) is 25.9 Å².